The van der Waals surface area contributed by atoms with Crippen molar-refractivity contribution >= 4 is 17.4 Å². The summed E-state index contributed by atoms with van der Waals surface area (Å²) in [5, 5.41) is 0. The lowest BCUT2D eigenvalue weighted by Crippen LogP contribution is -2.42. The molecule has 1 aliphatic carbocycles. The first-order valence-corrected chi connectivity index (χ1v) is 9.49. The number of amides is 1. The molecule has 24 heavy (non-hydrogen) atoms. The minimum Gasteiger partial charge on any atom is -0.311 e. The summed E-state index contributed by atoms with van der Waals surface area (Å²) in [7, 11) is 0. The van der Waals surface area contributed by atoms with Gasteiger partial charge in [0.2, 0.25) is 5.91 Å². The van der Waals surface area contributed by atoms with Crippen LogP contribution >= 0.6 is 0 Å². The van der Waals surface area contributed by atoms with Gasteiger partial charge < -0.3 is 4.90 Å². The third-order valence-corrected chi connectivity index (χ3v) is 6.33. The molecule has 0 saturated heterocycles. The van der Waals surface area contributed by atoms with E-state index in [0.717, 1.165) is 56.3 Å². The molecule has 2 aliphatic heterocycles. The van der Waals surface area contributed by atoms with Gasteiger partial charge in [-0.05, 0) is 50.7 Å². The van der Waals surface area contributed by atoms with Crippen molar-refractivity contribution in [1.82, 2.24) is 0 Å². The van der Waals surface area contributed by atoms with Gasteiger partial charge in [0.25, 0.3) is 0 Å². The van der Waals surface area contributed by atoms with Crippen LogP contribution in [0.5, 0.6) is 0 Å². The number of ketones is 1. The highest BCUT2D eigenvalue weighted by Crippen LogP contribution is 2.49. The number of aryl methyl sites for hydroxylation is 2. The zero-order valence-corrected chi connectivity index (χ0v) is 14.9. The average molecular weight is 325 g/mol. The van der Waals surface area contributed by atoms with E-state index in [1.54, 1.807) is 0 Å². The molecule has 3 heteroatoms. The molecule has 4 rings (SSSR count). The predicted octanol–water partition coefficient (Wildman–Crippen LogP) is 4.09. The lowest BCUT2D eigenvalue weighted by atomic mass is 9.74. The van der Waals surface area contributed by atoms with Gasteiger partial charge in [-0.25, -0.2) is 0 Å². The van der Waals surface area contributed by atoms with Gasteiger partial charge in [0, 0.05) is 18.9 Å². The summed E-state index contributed by atoms with van der Waals surface area (Å²) in [6.07, 6.45) is 8.04. The van der Waals surface area contributed by atoms with Crippen LogP contribution in [0.3, 0.4) is 0 Å². The Balaban J connectivity index is 1.70. The van der Waals surface area contributed by atoms with Gasteiger partial charge in [-0.3, -0.25) is 9.59 Å². The maximum Gasteiger partial charge on any atom is 0.237 e. The molecule has 0 N–H and O–H groups in total. The second-order valence-corrected chi connectivity index (χ2v) is 8.19. The minimum atomic E-state index is -0.658. The largest absolute Gasteiger partial charge is 0.311 e. The Hall–Kier alpha value is -1.64. The number of benzene rings is 1. The van der Waals surface area contributed by atoms with Crippen LogP contribution in [0, 0.1) is 12.8 Å². The molecule has 0 bridgehead atoms. The van der Waals surface area contributed by atoms with E-state index in [1.807, 2.05) is 11.8 Å². The van der Waals surface area contributed by atoms with E-state index in [9.17, 15) is 9.59 Å². The maximum atomic E-state index is 13.2. The van der Waals surface area contributed by atoms with Gasteiger partial charge in [0.15, 0.2) is 0 Å². The van der Waals surface area contributed by atoms with Crippen LogP contribution in [-0.4, -0.2) is 18.2 Å². The van der Waals surface area contributed by atoms with Gasteiger partial charge in [-0.2, -0.15) is 0 Å². The van der Waals surface area contributed by atoms with Gasteiger partial charge in [-0.15, -0.1) is 0 Å². The van der Waals surface area contributed by atoms with Crippen LogP contribution in [-0.2, 0) is 21.4 Å². The Labute approximate surface area is 144 Å². The molecule has 1 fully saturated rings. The molecule has 0 aromatic heterocycles. The van der Waals surface area contributed by atoms with Gasteiger partial charge in [-0.1, -0.05) is 37.0 Å². The Bertz CT molecular complexity index is 702. The molecular weight excluding hydrogens is 298 g/mol. The van der Waals surface area contributed by atoms with Gasteiger partial charge in [0.1, 0.15) is 5.78 Å². The third-order valence-electron chi connectivity index (χ3n) is 6.33. The van der Waals surface area contributed by atoms with Crippen molar-refractivity contribution in [1.29, 1.82) is 0 Å². The van der Waals surface area contributed by atoms with Crippen molar-refractivity contribution in [2.45, 2.75) is 70.6 Å². The SMILES string of the molecule is Cc1cc2c3c(c1)C(C)(CC(=O)C1CCCCC1)C(=O)N3CCC2. The van der Waals surface area contributed by atoms with E-state index in [-0.39, 0.29) is 11.8 Å². The first kappa shape index (κ1) is 15.9. The molecule has 2 heterocycles. The fourth-order valence-electron chi connectivity index (χ4n) is 5.03. The molecule has 3 nitrogen and oxygen atoms in total. The van der Waals surface area contributed by atoms with Crippen LogP contribution in [0.15, 0.2) is 12.1 Å². The lowest BCUT2D eigenvalue weighted by Gasteiger charge is -2.28. The average Bonchev–Trinajstić information content (AvgIpc) is 2.79. The molecule has 0 spiro atoms. The molecule has 1 aromatic carbocycles. The summed E-state index contributed by atoms with van der Waals surface area (Å²) >= 11 is 0. The highest BCUT2D eigenvalue weighted by Gasteiger charge is 2.50. The lowest BCUT2D eigenvalue weighted by molar-refractivity contribution is -0.130. The standard InChI is InChI=1S/C21H27NO2/c1-14-11-16-9-6-10-22-19(16)17(12-14)21(2,20(22)24)13-18(23)15-7-4-3-5-8-15/h11-12,15H,3-10,13H2,1-2H3. The Morgan fingerprint density at radius 2 is 1.96 bits per heavy atom. The third kappa shape index (κ3) is 2.32. The number of Topliss-reactive ketones (excluding diaryl/α,β-unsaturated/α-hetero) is 1. The van der Waals surface area contributed by atoms with Crippen molar-refractivity contribution in [3.8, 4) is 0 Å². The van der Waals surface area contributed by atoms with E-state index in [0.29, 0.717) is 12.2 Å². The van der Waals surface area contributed by atoms with E-state index in [1.165, 1.54) is 17.5 Å². The van der Waals surface area contributed by atoms with E-state index < -0.39 is 5.41 Å². The predicted molar refractivity (Wildman–Crippen MR) is 95.4 cm³/mol. The van der Waals surface area contributed by atoms with Gasteiger partial charge >= 0.3 is 0 Å². The van der Waals surface area contributed by atoms with Crippen molar-refractivity contribution in [2.75, 3.05) is 11.4 Å². The Morgan fingerprint density at radius 3 is 2.71 bits per heavy atom. The molecule has 0 radical (unpaired) electrons. The summed E-state index contributed by atoms with van der Waals surface area (Å²) in [6.45, 7) is 4.90. The molecule has 1 amide bonds. The Kier molecular flexibility index (Phi) is 3.78. The second kappa shape index (κ2) is 5.72. The van der Waals surface area contributed by atoms with Crippen molar-refractivity contribution in [3.63, 3.8) is 0 Å². The van der Waals surface area contributed by atoms with Crippen LogP contribution in [0.4, 0.5) is 5.69 Å². The highest BCUT2D eigenvalue weighted by molar-refractivity contribution is 6.11. The summed E-state index contributed by atoms with van der Waals surface area (Å²) in [5.41, 5.74) is 4.06. The topological polar surface area (TPSA) is 37.4 Å². The van der Waals surface area contributed by atoms with Gasteiger partial charge in [0.05, 0.1) is 11.1 Å². The number of carbonyl (C=O) groups excluding carboxylic acids is 2. The molecule has 128 valence electrons. The molecule has 3 aliphatic rings. The number of carbonyl (C=O) groups is 2. The van der Waals surface area contributed by atoms with Crippen LogP contribution < -0.4 is 4.90 Å². The van der Waals surface area contributed by atoms with E-state index >= 15 is 0 Å². The summed E-state index contributed by atoms with van der Waals surface area (Å²) in [5.74, 6) is 0.629. The molecule has 1 aromatic rings. The van der Waals surface area contributed by atoms with E-state index in [4.69, 9.17) is 0 Å². The number of anilines is 1. The smallest absolute Gasteiger partial charge is 0.237 e. The summed E-state index contributed by atoms with van der Waals surface area (Å²) < 4.78 is 0. The zero-order valence-electron chi connectivity index (χ0n) is 14.9. The molecule has 1 saturated carbocycles. The maximum absolute atomic E-state index is 13.2. The van der Waals surface area contributed by atoms with Crippen molar-refractivity contribution in [3.05, 3.63) is 28.8 Å². The number of hydrogen-bond donors (Lipinski definition) is 0. The minimum absolute atomic E-state index is 0.146. The van der Waals surface area contributed by atoms with Crippen LogP contribution in [0.2, 0.25) is 0 Å². The van der Waals surface area contributed by atoms with Crippen molar-refractivity contribution in [2.24, 2.45) is 5.92 Å². The summed E-state index contributed by atoms with van der Waals surface area (Å²) in [4.78, 5) is 28.1. The number of nitrogens with zero attached hydrogens (tertiary/aromatic N) is 1. The zero-order chi connectivity index (χ0) is 16.9. The van der Waals surface area contributed by atoms with Crippen molar-refractivity contribution < 1.29 is 9.59 Å². The van der Waals surface area contributed by atoms with E-state index in [2.05, 4.69) is 19.1 Å². The highest BCUT2D eigenvalue weighted by atomic mass is 16.2. The first-order chi connectivity index (χ1) is 11.5. The monoisotopic (exact) mass is 325 g/mol. The Morgan fingerprint density at radius 1 is 1.21 bits per heavy atom. The second-order valence-electron chi connectivity index (χ2n) is 8.19. The first-order valence-electron chi connectivity index (χ1n) is 9.49. The number of rotatable bonds is 3. The number of hydrogen-bond acceptors (Lipinski definition) is 2. The molecule has 1 atom stereocenters. The fraction of sp³-hybridized carbons (Fsp3) is 0.619. The molecule has 1 unspecified atom stereocenters. The molecular formula is C21H27NO2. The van der Waals surface area contributed by atoms with Crippen LogP contribution in [0.1, 0.15) is 68.6 Å². The van der Waals surface area contributed by atoms with Crippen LogP contribution in [0.25, 0.3) is 0 Å². The quantitative estimate of drug-likeness (QED) is 0.839. The normalized spacial score (nSPS) is 26.6. The summed E-state index contributed by atoms with van der Waals surface area (Å²) in [6, 6.07) is 4.36. The fourth-order valence-corrected chi connectivity index (χ4v) is 5.03.